The summed E-state index contributed by atoms with van der Waals surface area (Å²) in [6, 6.07) is 14.2. The van der Waals surface area contributed by atoms with E-state index in [0.29, 0.717) is 0 Å². The maximum Gasteiger partial charge on any atom is 0.0901 e. The van der Waals surface area contributed by atoms with Crippen molar-refractivity contribution in [2.75, 3.05) is 0 Å². The molecule has 1 aromatic heterocycles. The highest BCUT2D eigenvalue weighted by atomic mass is 79.9. The van der Waals surface area contributed by atoms with Gasteiger partial charge in [-0.05, 0) is 56.1 Å². The molecule has 0 bridgehead atoms. The van der Waals surface area contributed by atoms with E-state index in [2.05, 4.69) is 48.6 Å². The summed E-state index contributed by atoms with van der Waals surface area (Å²) in [7, 11) is 0. The van der Waals surface area contributed by atoms with Gasteiger partial charge in [-0.15, -0.1) is 0 Å². The second-order valence-corrected chi connectivity index (χ2v) is 4.27. The van der Waals surface area contributed by atoms with Crippen LogP contribution in [0, 0.1) is 0 Å². The number of hydrogen-bond donors (Lipinski definition) is 0. The van der Waals surface area contributed by atoms with E-state index in [1.54, 1.807) is 0 Å². The van der Waals surface area contributed by atoms with Crippen molar-refractivity contribution in [3.8, 4) is 5.69 Å². The molecule has 0 spiro atoms. The minimum atomic E-state index is 1.05. The fraction of sp³-hybridized carbons (Fsp3) is 0. The molecule has 0 N–H and O–H groups in total. The number of halogens is 2. The first-order valence-electron chi connectivity index (χ1n) is 3.87. The number of nitrogens with zero attached hydrogens (tertiary/aromatic N) is 1. The lowest BCUT2D eigenvalue weighted by molar-refractivity contribution is 1.02. The Kier molecular flexibility index (Phi) is 2.56. The zero-order valence-corrected chi connectivity index (χ0v) is 9.92. The fourth-order valence-electron chi connectivity index (χ4n) is 1.21. The lowest BCUT2D eigenvalue weighted by atomic mass is 10.3. The van der Waals surface area contributed by atoms with E-state index in [9.17, 15) is 0 Å². The van der Waals surface area contributed by atoms with Crippen LogP contribution in [0.1, 0.15) is 0 Å². The predicted octanol–water partition coefficient (Wildman–Crippen LogP) is 4.00. The fourth-order valence-corrected chi connectivity index (χ4v) is 2.51. The highest BCUT2D eigenvalue weighted by Crippen LogP contribution is 2.24. The van der Waals surface area contributed by atoms with Crippen LogP contribution in [0.5, 0.6) is 0 Å². The number of benzene rings is 1. The van der Waals surface area contributed by atoms with Gasteiger partial charge in [0.05, 0.1) is 9.21 Å². The van der Waals surface area contributed by atoms with Crippen LogP contribution in [0.4, 0.5) is 0 Å². The molecule has 0 aliphatic rings. The summed E-state index contributed by atoms with van der Waals surface area (Å²) in [5.74, 6) is 0. The minimum absolute atomic E-state index is 1.05. The van der Waals surface area contributed by atoms with E-state index < -0.39 is 0 Å². The summed E-state index contributed by atoms with van der Waals surface area (Å²) >= 11 is 6.97. The first kappa shape index (κ1) is 9.03. The molecule has 1 heterocycles. The molecule has 0 aliphatic carbocycles. The monoisotopic (exact) mass is 299 g/mol. The molecular weight excluding hydrogens is 294 g/mol. The van der Waals surface area contributed by atoms with Gasteiger partial charge in [-0.25, -0.2) is 0 Å². The Morgan fingerprint density at radius 3 is 1.85 bits per heavy atom. The molecule has 0 unspecified atom stereocenters. The predicted molar refractivity (Wildman–Crippen MR) is 61.2 cm³/mol. The summed E-state index contributed by atoms with van der Waals surface area (Å²) in [5.41, 5.74) is 1.14. The molecule has 2 aromatic rings. The highest BCUT2D eigenvalue weighted by molar-refractivity contribution is 9.11. The first-order chi connectivity index (χ1) is 6.29. The van der Waals surface area contributed by atoms with Gasteiger partial charge in [0, 0.05) is 5.69 Å². The van der Waals surface area contributed by atoms with Gasteiger partial charge in [-0.2, -0.15) is 0 Å². The Morgan fingerprint density at radius 2 is 1.31 bits per heavy atom. The maximum absolute atomic E-state index is 3.49. The quantitative estimate of drug-likeness (QED) is 0.750. The molecule has 0 amide bonds. The number of rotatable bonds is 1. The van der Waals surface area contributed by atoms with E-state index in [0.717, 1.165) is 14.9 Å². The Labute approximate surface area is 93.6 Å². The molecule has 3 heteroatoms. The maximum atomic E-state index is 3.49. The standard InChI is InChI=1S/C10H7Br2N/c11-9-6-7-10(12)13(9)8-4-2-1-3-5-8/h1-7H. The minimum Gasteiger partial charge on any atom is -0.298 e. The molecule has 13 heavy (non-hydrogen) atoms. The first-order valence-corrected chi connectivity index (χ1v) is 5.46. The van der Waals surface area contributed by atoms with Gasteiger partial charge in [0.25, 0.3) is 0 Å². The second-order valence-electron chi connectivity index (χ2n) is 2.65. The van der Waals surface area contributed by atoms with Crippen LogP contribution in [0.25, 0.3) is 5.69 Å². The molecule has 1 nitrogen and oxygen atoms in total. The molecule has 66 valence electrons. The lowest BCUT2D eigenvalue weighted by Crippen LogP contribution is -1.92. The summed E-state index contributed by atoms with van der Waals surface area (Å²) in [6.07, 6.45) is 0. The average molecular weight is 301 g/mol. The Hall–Kier alpha value is -0.540. The van der Waals surface area contributed by atoms with Gasteiger partial charge >= 0.3 is 0 Å². The van der Waals surface area contributed by atoms with Gasteiger partial charge in [-0.3, -0.25) is 4.57 Å². The second kappa shape index (κ2) is 3.68. The molecular formula is C10H7Br2N. The van der Waals surface area contributed by atoms with Crippen LogP contribution < -0.4 is 0 Å². The summed E-state index contributed by atoms with van der Waals surface area (Å²) in [6.45, 7) is 0. The SMILES string of the molecule is Brc1ccc(Br)n1-c1ccccc1. The molecule has 0 fully saturated rings. The molecule has 0 saturated heterocycles. The van der Waals surface area contributed by atoms with E-state index >= 15 is 0 Å². The highest BCUT2D eigenvalue weighted by Gasteiger charge is 2.04. The molecule has 0 atom stereocenters. The molecule has 1 aromatic carbocycles. The largest absolute Gasteiger partial charge is 0.298 e. The van der Waals surface area contributed by atoms with Crippen molar-refractivity contribution >= 4 is 31.9 Å². The normalized spacial score (nSPS) is 10.3. The van der Waals surface area contributed by atoms with Crippen LogP contribution >= 0.6 is 31.9 Å². The van der Waals surface area contributed by atoms with E-state index in [1.807, 2.05) is 30.3 Å². The lowest BCUT2D eigenvalue weighted by Gasteiger charge is -2.05. The van der Waals surface area contributed by atoms with Crippen molar-refractivity contribution in [1.29, 1.82) is 0 Å². The third-order valence-corrected chi connectivity index (χ3v) is 3.04. The summed E-state index contributed by atoms with van der Waals surface area (Å²) in [4.78, 5) is 0. The molecule has 0 aliphatic heterocycles. The Bertz CT molecular complexity index is 387. The zero-order chi connectivity index (χ0) is 9.26. The van der Waals surface area contributed by atoms with E-state index in [4.69, 9.17) is 0 Å². The number of aromatic nitrogens is 1. The van der Waals surface area contributed by atoms with Crippen LogP contribution in [0.3, 0.4) is 0 Å². The van der Waals surface area contributed by atoms with Gasteiger partial charge in [0.1, 0.15) is 0 Å². The van der Waals surface area contributed by atoms with Crippen molar-refractivity contribution in [3.63, 3.8) is 0 Å². The molecule has 0 radical (unpaired) electrons. The van der Waals surface area contributed by atoms with Crippen LogP contribution in [0.15, 0.2) is 51.7 Å². The number of hydrogen-bond acceptors (Lipinski definition) is 0. The van der Waals surface area contributed by atoms with Crippen LogP contribution in [-0.2, 0) is 0 Å². The van der Waals surface area contributed by atoms with Gasteiger partial charge in [0.15, 0.2) is 0 Å². The third kappa shape index (κ3) is 1.71. The topological polar surface area (TPSA) is 4.93 Å². The van der Waals surface area contributed by atoms with Crippen molar-refractivity contribution in [2.45, 2.75) is 0 Å². The summed E-state index contributed by atoms with van der Waals surface area (Å²) < 4.78 is 4.18. The van der Waals surface area contributed by atoms with Crippen molar-refractivity contribution in [3.05, 3.63) is 51.7 Å². The van der Waals surface area contributed by atoms with E-state index in [1.165, 1.54) is 0 Å². The van der Waals surface area contributed by atoms with Crippen molar-refractivity contribution < 1.29 is 0 Å². The van der Waals surface area contributed by atoms with E-state index in [-0.39, 0.29) is 0 Å². The zero-order valence-electron chi connectivity index (χ0n) is 6.74. The summed E-state index contributed by atoms with van der Waals surface area (Å²) in [5, 5.41) is 0. The van der Waals surface area contributed by atoms with Crippen molar-refractivity contribution in [1.82, 2.24) is 4.57 Å². The Morgan fingerprint density at radius 1 is 0.769 bits per heavy atom. The van der Waals surface area contributed by atoms with Crippen LogP contribution in [-0.4, -0.2) is 4.57 Å². The van der Waals surface area contributed by atoms with Gasteiger partial charge < -0.3 is 0 Å². The number of para-hydroxylation sites is 1. The van der Waals surface area contributed by atoms with Crippen molar-refractivity contribution in [2.24, 2.45) is 0 Å². The smallest absolute Gasteiger partial charge is 0.0901 e. The Balaban J connectivity index is 2.59. The molecule has 0 saturated carbocycles. The van der Waals surface area contributed by atoms with Gasteiger partial charge in [-0.1, -0.05) is 18.2 Å². The molecule has 2 rings (SSSR count). The average Bonchev–Trinajstić information content (AvgIpc) is 2.48. The third-order valence-electron chi connectivity index (χ3n) is 1.80. The van der Waals surface area contributed by atoms with Gasteiger partial charge in [0.2, 0.25) is 0 Å². The van der Waals surface area contributed by atoms with Crippen LogP contribution in [0.2, 0.25) is 0 Å².